The summed E-state index contributed by atoms with van der Waals surface area (Å²) in [5.74, 6) is 0.529. The third kappa shape index (κ3) is 3.08. The maximum absolute atomic E-state index is 12.0. The van der Waals surface area contributed by atoms with Crippen molar-refractivity contribution in [1.82, 2.24) is 19.9 Å². The number of pyridine rings is 1. The van der Waals surface area contributed by atoms with E-state index in [4.69, 9.17) is 0 Å². The van der Waals surface area contributed by atoms with Crippen LogP contribution in [0, 0.1) is 6.92 Å². The number of amides is 1. The molecule has 6 heteroatoms. The summed E-state index contributed by atoms with van der Waals surface area (Å²) in [7, 11) is 0. The summed E-state index contributed by atoms with van der Waals surface area (Å²) in [6.07, 6.45) is 2.79. The maximum atomic E-state index is 12.0. The molecule has 2 heterocycles. The van der Waals surface area contributed by atoms with Crippen molar-refractivity contribution < 1.29 is 9.90 Å². The molecule has 0 bridgehead atoms. The van der Waals surface area contributed by atoms with E-state index in [1.54, 1.807) is 22.7 Å². The minimum atomic E-state index is -0.491. The number of aliphatic hydroxyl groups excluding tert-OH is 1. The molecule has 0 radical (unpaired) electrons. The van der Waals surface area contributed by atoms with E-state index in [1.165, 1.54) is 0 Å². The molecule has 0 fully saturated rings. The van der Waals surface area contributed by atoms with Crippen LogP contribution >= 0.6 is 0 Å². The van der Waals surface area contributed by atoms with Gasteiger partial charge in [0.05, 0.1) is 11.7 Å². The Labute approximate surface area is 111 Å². The zero-order valence-corrected chi connectivity index (χ0v) is 11.1. The predicted octanol–water partition coefficient (Wildman–Crippen LogP) is 0.929. The number of aromatic nitrogens is 3. The Bertz CT molecular complexity index is 579. The van der Waals surface area contributed by atoms with Crippen molar-refractivity contribution in [3.8, 4) is 0 Å². The lowest BCUT2D eigenvalue weighted by molar-refractivity contribution is 0.0909. The highest BCUT2D eigenvalue weighted by atomic mass is 16.3. The van der Waals surface area contributed by atoms with Crippen LogP contribution in [0.5, 0.6) is 0 Å². The number of nitrogens with zero attached hydrogens (tertiary/aromatic N) is 3. The first-order chi connectivity index (χ1) is 9.11. The van der Waals surface area contributed by atoms with E-state index in [0.29, 0.717) is 17.6 Å². The van der Waals surface area contributed by atoms with Crippen LogP contribution in [-0.2, 0) is 0 Å². The lowest BCUT2D eigenvalue weighted by Gasteiger charge is -2.10. The maximum Gasteiger partial charge on any atom is 0.252 e. The highest BCUT2D eigenvalue weighted by molar-refractivity contribution is 5.94. The summed E-state index contributed by atoms with van der Waals surface area (Å²) in [6.45, 7) is 4.09. The van der Waals surface area contributed by atoms with E-state index in [0.717, 1.165) is 12.2 Å². The number of hydrogen-bond donors (Lipinski definition) is 2. The molecule has 1 amide bonds. The van der Waals surface area contributed by atoms with Gasteiger partial charge in [-0.05, 0) is 25.5 Å². The summed E-state index contributed by atoms with van der Waals surface area (Å²) in [5, 5.41) is 20.2. The molecule has 2 N–H and O–H groups in total. The number of nitrogens with one attached hydrogen (secondary N) is 1. The molecule has 0 saturated heterocycles. The van der Waals surface area contributed by atoms with Crippen molar-refractivity contribution in [3.63, 3.8) is 0 Å². The standard InChI is InChI=1S/C13H18N4O2/c1-3-4-11(18)7-14-13(19)10-5-6-12-16-15-9(2)17(12)8-10/h5-6,8,11,18H,3-4,7H2,1-2H3,(H,14,19). The number of aliphatic hydroxyl groups is 1. The summed E-state index contributed by atoms with van der Waals surface area (Å²) >= 11 is 0. The molecular weight excluding hydrogens is 244 g/mol. The van der Waals surface area contributed by atoms with Gasteiger partial charge in [0, 0.05) is 12.7 Å². The van der Waals surface area contributed by atoms with Crippen molar-refractivity contribution in [1.29, 1.82) is 0 Å². The van der Waals surface area contributed by atoms with Crippen LogP contribution in [0.25, 0.3) is 5.65 Å². The molecule has 19 heavy (non-hydrogen) atoms. The molecule has 1 atom stereocenters. The lowest BCUT2D eigenvalue weighted by atomic mass is 10.2. The fraction of sp³-hybridized carbons (Fsp3) is 0.462. The number of carbonyl (C=O) groups excluding carboxylic acids is 1. The molecule has 0 aliphatic carbocycles. The quantitative estimate of drug-likeness (QED) is 0.840. The van der Waals surface area contributed by atoms with Gasteiger partial charge in [-0.15, -0.1) is 10.2 Å². The monoisotopic (exact) mass is 262 g/mol. The van der Waals surface area contributed by atoms with Gasteiger partial charge in [-0.25, -0.2) is 0 Å². The van der Waals surface area contributed by atoms with Crippen LogP contribution in [0.4, 0.5) is 0 Å². The van der Waals surface area contributed by atoms with Crippen LogP contribution < -0.4 is 5.32 Å². The minimum absolute atomic E-state index is 0.204. The Balaban J connectivity index is 2.06. The molecule has 6 nitrogen and oxygen atoms in total. The largest absolute Gasteiger partial charge is 0.391 e. The number of rotatable bonds is 5. The second-order valence-corrected chi connectivity index (χ2v) is 4.55. The highest BCUT2D eigenvalue weighted by Crippen LogP contribution is 2.06. The van der Waals surface area contributed by atoms with Gasteiger partial charge in [0.25, 0.3) is 5.91 Å². The number of aryl methyl sites for hydroxylation is 1. The average Bonchev–Trinajstić information content (AvgIpc) is 2.78. The number of carbonyl (C=O) groups is 1. The van der Waals surface area contributed by atoms with Gasteiger partial charge in [-0.2, -0.15) is 0 Å². The van der Waals surface area contributed by atoms with E-state index >= 15 is 0 Å². The fourth-order valence-corrected chi connectivity index (χ4v) is 1.89. The molecule has 1 unspecified atom stereocenters. The molecule has 2 aromatic heterocycles. The van der Waals surface area contributed by atoms with Crippen LogP contribution in [-0.4, -0.2) is 38.3 Å². The zero-order valence-electron chi connectivity index (χ0n) is 11.1. The van der Waals surface area contributed by atoms with Gasteiger partial charge in [-0.3, -0.25) is 9.20 Å². The van der Waals surface area contributed by atoms with Gasteiger partial charge in [0.2, 0.25) is 0 Å². The summed E-state index contributed by atoms with van der Waals surface area (Å²) in [5.41, 5.74) is 1.24. The van der Waals surface area contributed by atoms with Crippen molar-refractivity contribution in [3.05, 3.63) is 29.7 Å². The van der Waals surface area contributed by atoms with E-state index in [-0.39, 0.29) is 12.5 Å². The first-order valence-corrected chi connectivity index (χ1v) is 6.39. The summed E-state index contributed by atoms with van der Waals surface area (Å²) in [6, 6.07) is 3.45. The third-order valence-corrected chi connectivity index (χ3v) is 2.96. The molecule has 0 spiro atoms. The Kier molecular flexibility index (Phi) is 4.11. The molecule has 0 aliphatic rings. The van der Waals surface area contributed by atoms with Gasteiger partial charge in [0.15, 0.2) is 5.65 Å². The molecule has 0 aliphatic heterocycles. The van der Waals surface area contributed by atoms with E-state index in [1.807, 2.05) is 13.8 Å². The third-order valence-electron chi connectivity index (χ3n) is 2.96. The Hall–Kier alpha value is -1.95. The Morgan fingerprint density at radius 3 is 3.00 bits per heavy atom. The molecular formula is C13H18N4O2. The second-order valence-electron chi connectivity index (χ2n) is 4.55. The average molecular weight is 262 g/mol. The smallest absolute Gasteiger partial charge is 0.252 e. The van der Waals surface area contributed by atoms with Gasteiger partial charge in [0.1, 0.15) is 5.82 Å². The molecule has 2 aromatic rings. The summed E-state index contributed by atoms with van der Waals surface area (Å²) in [4.78, 5) is 12.0. The molecule has 0 aromatic carbocycles. The highest BCUT2D eigenvalue weighted by Gasteiger charge is 2.10. The van der Waals surface area contributed by atoms with Gasteiger partial charge >= 0.3 is 0 Å². The van der Waals surface area contributed by atoms with Crippen LogP contribution in [0.1, 0.15) is 35.9 Å². The number of hydrogen-bond acceptors (Lipinski definition) is 4. The lowest BCUT2D eigenvalue weighted by Crippen LogP contribution is -2.32. The predicted molar refractivity (Wildman–Crippen MR) is 71.0 cm³/mol. The summed E-state index contributed by atoms with van der Waals surface area (Å²) < 4.78 is 1.76. The van der Waals surface area contributed by atoms with Crippen molar-refractivity contribution in [2.75, 3.05) is 6.54 Å². The zero-order chi connectivity index (χ0) is 13.8. The van der Waals surface area contributed by atoms with E-state index in [2.05, 4.69) is 15.5 Å². The van der Waals surface area contributed by atoms with Crippen LogP contribution in [0.15, 0.2) is 18.3 Å². The first kappa shape index (κ1) is 13.5. The minimum Gasteiger partial charge on any atom is -0.391 e. The van der Waals surface area contributed by atoms with Gasteiger partial charge < -0.3 is 10.4 Å². The fourth-order valence-electron chi connectivity index (χ4n) is 1.89. The van der Waals surface area contributed by atoms with Crippen LogP contribution in [0.2, 0.25) is 0 Å². The van der Waals surface area contributed by atoms with Crippen molar-refractivity contribution in [2.24, 2.45) is 0 Å². The molecule has 102 valence electrons. The normalized spacial score (nSPS) is 12.6. The van der Waals surface area contributed by atoms with Crippen LogP contribution in [0.3, 0.4) is 0 Å². The first-order valence-electron chi connectivity index (χ1n) is 6.39. The SMILES string of the molecule is CCCC(O)CNC(=O)c1ccc2nnc(C)n2c1. The van der Waals surface area contributed by atoms with Crippen molar-refractivity contribution in [2.45, 2.75) is 32.8 Å². The van der Waals surface area contributed by atoms with Gasteiger partial charge in [-0.1, -0.05) is 13.3 Å². The molecule has 0 saturated carbocycles. The van der Waals surface area contributed by atoms with E-state index < -0.39 is 6.10 Å². The van der Waals surface area contributed by atoms with Crippen molar-refractivity contribution >= 4 is 11.6 Å². The molecule has 2 rings (SSSR count). The topological polar surface area (TPSA) is 79.5 Å². The number of fused-ring (bicyclic) bond motifs is 1. The Morgan fingerprint density at radius 1 is 1.47 bits per heavy atom. The van der Waals surface area contributed by atoms with E-state index in [9.17, 15) is 9.90 Å². The second kappa shape index (κ2) is 5.79. The Morgan fingerprint density at radius 2 is 2.26 bits per heavy atom.